The standard InChI is InChI=1S/C19H24ClN3O4/c1-19(17(25)21-18(26)22-19)6-3-16(24)23-7-4-12(5-8-23)13-9-14(20)11-15(10-13)27-2/h9-12H,3-8H2,1-2H3,(H2,21,22,25,26)/t19-/m1/s1. The number of carbonyl (C=O) groups excluding carboxylic acids is 3. The number of imide groups is 1. The van der Waals surface area contributed by atoms with Crippen LogP contribution < -0.4 is 15.4 Å². The molecule has 1 atom stereocenters. The number of rotatable bonds is 5. The van der Waals surface area contributed by atoms with Gasteiger partial charge in [0.05, 0.1) is 7.11 Å². The molecule has 0 saturated carbocycles. The molecule has 0 unspecified atom stereocenters. The molecule has 0 radical (unpaired) electrons. The maximum Gasteiger partial charge on any atom is 0.322 e. The first-order valence-electron chi connectivity index (χ1n) is 9.06. The predicted molar refractivity (Wildman–Crippen MR) is 101 cm³/mol. The quantitative estimate of drug-likeness (QED) is 0.752. The van der Waals surface area contributed by atoms with E-state index in [1.807, 2.05) is 17.0 Å². The number of amides is 4. The van der Waals surface area contributed by atoms with Crippen molar-refractivity contribution < 1.29 is 19.1 Å². The Morgan fingerprint density at radius 2 is 2.00 bits per heavy atom. The number of hydrogen-bond donors (Lipinski definition) is 2. The van der Waals surface area contributed by atoms with E-state index in [-0.39, 0.29) is 24.7 Å². The van der Waals surface area contributed by atoms with Crippen LogP contribution in [-0.2, 0) is 9.59 Å². The fraction of sp³-hybridized carbons (Fsp3) is 0.526. The fourth-order valence-corrected chi connectivity index (χ4v) is 3.90. The third kappa shape index (κ3) is 4.35. The van der Waals surface area contributed by atoms with Gasteiger partial charge in [0.15, 0.2) is 0 Å². The lowest BCUT2D eigenvalue weighted by molar-refractivity contribution is -0.133. The number of ether oxygens (including phenoxy) is 1. The van der Waals surface area contributed by atoms with Gasteiger partial charge in [-0.1, -0.05) is 11.6 Å². The number of halogens is 1. The average Bonchev–Trinajstić information content (AvgIpc) is 2.91. The lowest BCUT2D eigenvalue weighted by atomic mass is 9.89. The van der Waals surface area contributed by atoms with Gasteiger partial charge in [0.1, 0.15) is 11.3 Å². The molecule has 2 fully saturated rings. The summed E-state index contributed by atoms with van der Waals surface area (Å²) in [4.78, 5) is 37.5. The van der Waals surface area contributed by atoms with Gasteiger partial charge in [-0.15, -0.1) is 0 Å². The number of nitrogens with zero attached hydrogens (tertiary/aromatic N) is 1. The Hall–Kier alpha value is -2.28. The average molecular weight is 394 g/mol. The van der Waals surface area contributed by atoms with E-state index in [1.165, 1.54) is 0 Å². The van der Waals surface area contributed by atoms with Crippen molar-refractivity contribution >= 4 is 29.4 Å². The van der Waals surface area contributed by atoms with Gasteiger partial charge in [-0.3, -0.25) is 14.9 Å². The van der Waals surface area contributed by atoms with Crippen molar-refractivity contribution in [2.24, 2.45) is 0 Å². The molecule has 1 aromatic rings. The van der Waals surface area contributed by atoms with Crippen LogP contribution in [0.15, 0.2) is 18.2 Å². The Bertz CT molecular complexity index is 761. The zero-order valence-corrected chi connectivity index (χ0v) is 16.3. The number of methoxy groups -OCH3 is 1. The minimum absolute atomic E-state index is 0.00676. The molecule has 8 heteroatoms. The normalized spacial score (nSPS) is 23.1. The summed E-state index contributed by atoms with van der Waals surface area (Å²) >= 11 is 6.16. The molecule has 0 bridgehead atoms. The van der Waals surface area contributed by atoms with Gasteiger partial charge >= 0.3 is 6.03 Å². The molecule has 1 aromatic carbocycles. The van der Waals surface area contributed by atoms with E-state index >= 15 is 0 Å². The van der Waals surface area contributed by atoms with Crippen LogP contribution >= 0.6 is 11.6 Å². The molecule has 2 heterocycles. The van der Waals surface area contributed by atoms with Gasteiger partial charge in [-0.2, -0.15) is 0 Å². The lowest BCUT2D eigenvalue weighted by Gasteiger charge is -2.33. The van der Waals surface area contributed by atoms with Crippen molar-refractivity contribution in [1.29, 1.82) is 0 Å². The second-order valence-corrected chi connectivity index (χ2v) is 7.76. The molecule has 0 aromatic heterocycles. The van der Waals surface area contributed by atoms with Crippen LogP contribution in [0.1, 0.15) is 44.1 Å². The fourth-order valence-electron chi connectivity index (χ4n) is 3.67. The Morgan fingerprint density at radius 3 is 2.59 bits per heavy atom. The summed E-state index contributed by atoms with van der Waals surface area (Å²) in [5.41, 5.74) is 0.117. The summed E-state index contributed by atoms with van der Waals surface area (Å²) < 4.78 is 5.28. The molecule has 0 aliphatic carbocycles. The maximum absolute atomic E-state index is 12.5. The van der Waals surface area contributed by atoms with Crippen molar-refractivity contribution in [3.63, 3.8) is 0 Å². The minimum atomic E-state index is -1.01. The molecule has 2 N–H and O–H groups in total. The van der Waals surface area contributed by atoms with E-state index in [9.17, 15) is 14.4 Å². The zero-order valence-electron chi connectivity index (χ0n) is 15.5. The number of piperidine rings is 1. The highest BCUT2D eigenvalue weighted by Crippen LogP contribution is 2.33. The van der Waals surface area contributed by atoms with Gasteiger partial charge in [0.25, 0.3) is 5.91 Å². The van der Waals surface area contributed by atoms with Crippen LogP contribution in [-0.4, -0.2) is 48.5 Å². The summed E-state index contributed by atoms with van der Waals surface area (Å²) in [6.07, 6.45) is 2.21. The molecule has 2 aliphatic heterocycles. The molecule has 146 valence electrons. The van der Waals surface area contributed by atoms with Crippen LogP contribution in [0, 0.1) is 0 Å². The Kier molecular flexibility index (Phi) is 5.60. The summed E-state index contributed by atoms with van der Waals surface area (Å²) in [5.74, 6) is 0.696. The first-order chi connectivity index (χ1) is 12.8. The van der Waals surface area contributed by atoms with E-state index in [0.717, 1.165) is 24.2 Å². The highest BCUT2D eigenvalue weighted by Gasteiger charge is 2.42. The van der Waals surface area contributed by atoms with Crippen LogP contribution in [0.25, 0.3) is 0 Å². The second kappa shape index (κ2) is 7.76. The minimum Gasteiger partial charge on any atom is -0.497 e. The smallest absolute Gasteiger partial charge is 0.322 e. The largest absolute Gasteiger partial charge is 0.497 e. The molecular weight excluding hydrogens is 370 g/mol. The SMILES string of the molecule is COc1cc(Cl)cc(C2CCN(C(=O)CC[C@@]3(C)NC(=O)NC3=O)CC2)c1. The third-order valence-electron chi connectivity index (χ3n) is 5.40. The van der Waals surface area contributed by atoms with E-state index in [4.69, 9.17) is 16.3 Å². The molecular formula is C19H24ClN3O4. The third-order valence-corrected chi connectivity index (χ3v) is 5.62. The maximum atomic E-state index is 12.5. The van der Waals surface area contributed by atoms with Crippen LogP contribution in [0.3, 0.4) is 0 Å². The summed E-state index contributed by atoms with van der Waals surface area (Å²) in [7, 11) is 1.62. The number of hydrogen-bond acceptors (Lipinski definition) is 4. The monoisotopic (exact) mass is 393 g/mol. The molecule has 2 saturated heterocycles. The summed E-state index contributed by atoms with van der Waals surface area (Å²) in [5, 5.41) is 5.45. The number of carbonyl (C=O) groups is 3. The zero-order chi connectivity index (χ0) is 19.6. The number of urea groups is 1. The first-order valence-corrected chi connectivity index (χ1v) is 9.44. The Morgan fingerprint density at radius 1 is 1.30 bits per heavy atom. The van der Waals surface area contributed by atoms with E-state index in [2.05, 4.69) is 10.6 Å². The highest BCUT2D eigenvalue weighted by molar-refractivity contribution is 6.30. The van der Waals surface area contributed by atoms with Gasteiger partial charge in [0.2, 0.25) is 5.91 Å². The van der Waals surface area contributed by atoms with Crippen molar-refractivity contribution in [1.82, 2.24) is 15.5 Å². The Balaban J connectivity index is 1.53. The summed E-state index contributed by atoms with van der Waals surface area (Å²) in [6.45, 7) is 2.96. The van der Waals surface area contributed by atoms with Crippen molar-refractivity contribution in [3.05, 3.63) is 28.8 Å². The lowest BCUT2D eigenvalue weighted by Crippen LogP contribution is -2.45. The topological polar surface area (TPSA) is 87.7 Å². The van der Waals surface area contributed by atoms with E-state index in [0.29, 0.717) is 24.0 Å². The van der Waals surface area contributed by atoms with Crippen molar-refractivity contribution in [2.45, 2.75) is 44.1 Å². The number of likely N-dealkylation sites (tertiary alicyclic amines) is 1. The Labute approximate surface area is 163 Å². The number of benzene rings is 1. The van der Waals surface area contributed by atoms with Gasteiger partial charge in [-0.25, -0.2) is 4.79 Å². The molecule has 7 nitrogen and oxygen atoms in total. The molecule has 0 spiro atoms. The van der Waals surface area contributed by atoms with Crippen molar-refractivity contribution in [3.8, 4) is 5.75 Å². The van der Waals surface area contributed by atoms with E-state index in [1.54, 1.807) is 20.1 Å². The first kappa shape index (κ1) is 19.5. The van der Waals surface area contributed by atoms with Crippen LogP contribution in [0.5, 0.6) is 5.75 Å². The molecule has 27 heavy (non-hydrogen) atoms. The van der Waals surface area contributed by atoms with Crippen molar-refractivity contribution in [2.75, 3.05) is 20.2 Å². The highest BCUT2D eigenvalue weighted by atomic mass is 35.5. The van der Waals surface area contributed by atoms with Gasteiger partial charge < -0.3 is 15.0 Å². The summed E-state index contributed by atoms with van der Waals surface area (Å²) in [6, 6.07) is 5.22. The van der Waals surface area contributed by atoms with Gasteiger partial charge in [-0.05, 0) is 55.9 Å². The van der Waals surface area contributed by atoms with Gasteiger partial charge in [0, 0.05) is 24.5 Å². The van der Waals surface area contributed by atoms with Crippen LogP contribution in [0.4, 0.5) is 4.79 Å². The van der Waals surface area contributed by atoms with E-state index < -0.39 is 11.6 Å². The molecule has 4 amide bonds. The number of nitrogens with one attached hydrogen (secondary N) is 2. The second-order valence-electron chi connectivity index (χ2n) is 7.32. The van der Waals surface area contributed by atoms with Crippen LogP contribution in [0.2, 0.25) is 5.02 Å². The molecule has 2 aliphatic rings. The molecule has 3 rings (SSSR count). The predicted octanol–water partition coefficient (Wildman–Crippen LogP) is 2.43.